The highest BCUT2D eigenvalue weighted by atomic mass is 32.2. The van der Waals surface area contributed by atoms with Crippen molar-refractivity contribution < 1.29 is 10.2 Å². The van der Waals surface area contributed by atoms with Gasteiger partial charge in [0, 0.05) is 60.1 Å². The molecule has 150 valence electrons. The van der Waals surface area contributed by atoms with E-state index >= 15 is 0 Å². The second-order valence-electron chi connectivity index (χ2n) is 7.47. The standard InChI is InChI=1S/C22H28N2O2S2/c1-27-18-4-6-22-19(15-18)20(14-16-13-17(26)3-5-21(16)28-22)24-10-8-23(9-11-24)7-2-12-25/h3-6,13,15,20,25-26H,2,7-12,14H2,1H3. The van der Waals surface area contributed by atoms with Crippen molar-refractivity contribution in [2.45, 2.75) is 33.6 Å². The number of aromatic hydroxyl groups is 1. The average molecular weight is 417 g/mol. The normalized spacial score (nSPS) is 20.4. The summed E-state index contributed by atoms with van der Waals surface area (Å²) in [7, 11) is 0. The number of piperazine rings is 1. The topological polar surface area (TPSA) is 46.9 Å². The third kappa shape index (κ3) is 4.36. The van der Waals surface area contributed by atoms with Gasteiger partial charge in [0.05, 0.1) is 0 Å². The third-order valence-electron chi connectivity index (χ3n) is 5.73. The van der Waals surface area contributed by atoms with Gasteiger partial charge in [-0.3, -0.25) is 4.90 Å². The van der Waals surface area contributed by atoms with E-state index in [0.717, 1.165) is 45.6 Å². The number of phenolic OH excluding ortho intramolecular Hbond substituents is 1. The van der Waals surface area contributed by atoms with Crippen molar-refractivity contribution in [3.63, 3.8) is 0 Å². The monoisotopic (exact) mass is 416 g/mol. The summed E-state index contributed by atoms with van der Waals surface area (Å²) in [6.45, 7) is 5.43. The lowest BCUT2D eigenvalue weighted by Gasteiger charge is -2.39. The summed E-state index contributed by atoms with van der Waals surface area (Å²) in [6.07, 6.45) is 3.91. The first kappa shape index (κ1) is 20.1. The maximum Gasteiger partial charge on any atom is 0.115 e. The van der Waals surface area contributed by atoms with Gasteiger partial charge in [0.25, 0.3) is 0 Å². The minimum absolute atomic E-state index is 0.269. The van der Waals surface area contributed by atoms with Crippen LogP contribution in [0.5, 0.6) is 5.75 Å². The number of hydrogen-bond acceptors (Lipinski definition) is 6. The summed E-state index contributed by atoms with van der Waals surface area (Å²) in [5.41, 5.74) is 2.65. The molecule has 4 rings (SSSR count). The smallest absolute Gasteiger partial charge is 0.115 e. The fourth-order valence-corrected chi connectivity index (χ4v) is 5.73. The summed E-state index contributed by atoms with van der Waals surface area (Å²) in [4.78, 5) is 8.95. The molecule has 1 unspecified atom stereocenters. The zero-order valence-electron chi connectivity index (χ0n) is 16.3. The van der Waals surface area contributed by atoms with E-state index in [1.807, 2.05) is 17.8 Å². The van der Waals surface area contributed by atoms with E-state index in [9.17, 15) is 5.11 Å². The van der Waals surface area contributed by atoms with Crippen LogP contribution in [0.15, 0.2) is 51.1 Å². The largest absolute Gasteiger partial charge is 0.508 e. The maximum absolute atomic E-state index is 10.0. The van der Waals surface area contributed by atoms with Crippen LogP contribution in [0.2, 0.25) is 0 Å². The van der Waals surface area contributed by atoms with Crippen LogP contribution >= 0.6 is 23.5 Å². The van der Waals surface area contributed by atoms with Crippen LogP contribution in [-0.2, 0) is 6.42 Å². The highest BCUT2D eigenvalue weighted by Gasteiger charge is 2.30. The number of benzene rings is 2. The summed E-state index contributed by atoms with van der Waals surface area (Å²) in [6, 6.07) is 13.0. The van der Waals surface area contributed by atoms with Gasteiger partial charge in [0.2, 0.25) is 0 Å². The van der Waals surface area contributed by atoms with E-state index in [1.54, 1.807) is 17.8 Å². The Hall–Kier alpha value is -1.18. The maximum atomic E-state index is 10.0. The highest BCUT2D eigenvalue weighted by Crippen LogP contribution is 2.44. The Morgan fingerprint density at radius 1 is 1.07 bits per heavy atom. The van der Waals surface area contributed by atoms with Crippen LogP contribution < -0.4 is 0 Å². The van der Waals surface area contributed by atoms with Gasteiger partial charge in [-0.2, -0.15) is 0 Å². The van der Waals surface area contributed by atoms with Gasteiger partial charge in [-0.15, -0.1) is 11.8 Å². The summed E-state index contributed by atoms with van der Waals surface area (Å²) in [5, 5.41) is 19.1. The number of aliphatic hydroxyl groups is 1. The summed E-state index contributed by atoms with van der Waals surface area (Å²) in [5.74, 6) is 0.350. The van der Waals surface area contributed by atoms with Gasteiger partial charge in [-0.1, -0.05) is 11.8 Å². The molecule has 0 aliphatic carbocycles. The Kier molecular flexibility index (Phi) is 6.53. The van der Waals surface area contributed by atoms with Crippen molar-refractivity contribution >= 4 is 23.5 Å². The van der Waals surface area contributed by atoms with Crippen molar-refractivity contribution in [3.05, 3.63) is 47.5 Å². The lowest BCUT2D eigenvalue weighted by atomic mass is 9.96. The van der Waals surface area contributed by atoms with Crippen LogP contribution in [0.25, 0.3) is 0 Å². The number of fused-ring (bicyclic) bond motifs is 2. The number of nitrogens with zero attached hydrogens (tertiary/aromatic N) is 2. The van der Waals surface area contributed by atoms with E-state index in [4.69, 9.17) is 5.11 Å². The molecule has 0 saturated carbocycles. The van der Waals surface area contributed by atoms with Crippen LogP contribution in [-0.4, -0.2) is 65.6 Å². The number of phenols is 1. The van der Waals surface area contributed by atoms with Crippen molar-refractivity contribution in [3.8, 4) is 5.75 Å². The van der Waals surface area contributed by atoms with Gasteiger partial charge in [-0.05, 0) is 66.6 Å². The first-order chi connectivity index (χ1) is 13.7. The van der Waals surface area contributed by atoms with E-state index in [0.29, 0.717) is 11.8 Å². The van der Waals surface area contributed by atoms with Crippen molar-refractivity contribution in [1.29, 1.82) is 0 Å². The second kappa shape index (κ2) is 9.09. The first-order valence-corrected chi connectivity index (χ1v) is 12.0. The molecule has 2 aromatic rings. The Morgan fingerprint density at radius 2 is 1.86 bits per heavy atom. The quantitative estimate of drug-likeness (QED) is 0.722. The molecule has 6 heteroatoms. The molecule has 0 amide bonds. The lowest BCUT2D eigenvalue weighted by Crippen LogP contribution is -2.48. The van der Waals surface area contributed by atoms with E-state index in [2.05, 4.69) is 40.3 Å². The van der Waals surface area contributed by atoms with Gasteiger partial charge >= 0.3 is 0 Å². The van der Waals surface area contributed by atoms with Crippen LogP contribution in [0.3, 0.4) is 0 Å². The molecular formula is C22H28N2O2S2. The Balaban J connectivity index is 1.63. The number of aliphatic hydroxyl groups excluding tert-OH is 1. The molecular weight excluding hydrogens is 388 g/mol. The summed E-state index contributed by atoms with van der Waals surface area (Å²) < 4.78 is 0. The van der Waals surface area contributed by atoms with E-state index in [-0.39, 0.29) is 6.61 Å². The second-order valence-corrected chi connectivity index (χ2v) is 9.44. The average Bonchev–Trinajstić information content (AvgIpc) is 2.88. The fourth-order valence-electron chi connectivity index (χ4n) is 4.19. The lowest BCUT2D eigenvalue weighted by molar-refractivity contribution is 0.0898. The molecule has 2 aromatic carbocycles. The molecule has 2 heterocycles. The van der Waals surface area contributed by atoms with E-state index in [1.165, 1.54) is 25.8 Å². The fraction of sp³-hybridized carbons (Fsp3) is 0.455. The molecule has 1 saturated heterocycles. The predicted octanol–water partition coefficient (Wildman–Crippen LogP) is 3.86. The molecule has 4 nitrogen and oxygen atoms in total. The van der Waals surface area contributed by atoms with Gasteiger partial charge < -0.3 is 15.1 Å². The molecule has 0 spiro atoms. The Morgan fingerprint density at radius 3 is 2.61 bits per heavy atom. The third-order valence-corrected chi connectivity index (χ3v) is 7.67. The minimum Gasteiger partial charge on any atom is -0.508 e. The van der Waals surface area contributed by atoms with E-state index < -0.39 is 0 Å². The number of hydrogen-bond donors (Lipinski definition) is 2. The molecule has 1 atom stereocenters. The minimum atomic E-state index is 0.269. The zero-order valence-corrected chi connectivity index (χ0v) is 17.9. The molecule has 0 radical (unpaired) electrons. The Labute approximate surface area is 175 Å². The molecule has 28 heavy (non-hydrogen) atoms. The zero-order chi connectivity index (χ0) is 19.5. The summed E-state index contributed by atoms with van der Waals surface area (Å²) >= 11 is 3.62. The van der Waals surface area contributed by atoms with Crippen molar-refractivity contribution in [2.75, 3.05) is 45.6 Å². The van der Waals surface area contributed by atoms with Crippen LogP contribution in [0.4, 0.5) is 0 Å². The number of rotatable bonds is 5. The molecule has 0 bridgehead atoms. The van der Waals surface area contributed by atoms with Crippen molar-refractivity contribution in [2.24, 2.45) is 0 Å². The van der Waals surface area contributed by atoms with Crippen LogP contribution in [0.1, 0.15) is 23.6 Å². The highest BCUT2D eigenvalue weighted by molar-refractivity contribution is 7.99. The number of thioether (sulfide) groups is 1. The SMILES string of the molecule is CSc1ccc2c(c1)C(N1CCN(CCCO)CC1)Cc1cc(O)ccc1S2. The molecule has 2 N–H and O–H groups in total. The van der Waals surface area contributed by atoms with Crippen LogP contribution in [0, 0.1) is 0 Å². The van der Waals surface area contributed by atoms with Gasteiger partial charge in [0.1, 0.15) is 5.75 Å². The van der Waals surface area contributed by atoms with Gasteiger partial charge in [0.15, 0.2) is 0 Å². The molecule has 1 fully saturated rings. The first-order valence-electron chi connectivity index (χ1n) is 9.93. The predicted molar refractivity (Wildman–Crippen MR) is 117 cm³/mol. The molecule has 0 aromatic heterocycles. The molecule has 2 aliphatic heterocycles. The molecule has 2 aliphatic rings. The van der Waals surface area contributed by atoms with Crippen molar-refractivity contribution in [1.82, 2.24) is 9.80 Å². The van der Waals surface area contributed by atoms with Gasteiger partial charge in [-0.25, -0.2) is 0 Å². The Bertz CT molecular complexity index is 822.